The van der Waals surface area contributed by atoms with Gasteiger partial charge in [-0.25, -0.2) is 4.39 Å². The molecule has 6 nitrogen and oxygen atoms in total. The van der Waals surface area contributed by atoms with Crippen molar-refractivity contribution in [1.29, 1.82) is 0 Å². The molecular formula is C15H28F3NO5S. The SMILES string of the molecule is CC(C)(C)CC(N)(C(=O)OCCC(F)C(F)(F)S(=O)(=O)O)C(C)(C)C. The van der Waals surface area contributed by atoms with Crippen molar-refractivity contribution in [2.75, 3.05) is 6.61 Å². The van der Waals surface area contributed by atoms with Crippen molar-refractivity contribution in [3.05, 3.63) is 0 Å². The van der Waals surface area contributed by atoms with E-state index >= 15 is 0 Å². The highest BCUT2D eigenvalue weighted by atomic mass is 32.2. The van der Waals surface area contributed by atoms with Gasteiger partial charge in [-0.1, -0.05) is 41.5 Å². The second-order valence-corrected chi connectivity index (χ2v) is 9.88. The molecule has 2 unspecified atom stereocenters. The van der Waals surface area contributed by atoms with Crippen LogP contribution in [0.5, 0.6) is 0 Å². The van der Waals surface area contributed by atoms with Crippen molar-refractivity contribution in [2.24, 2.45) is 16.6 Å². The summed E-state index contributed by atoms with van der Waals surface area (Å²) in [6, 6.07) is 0. The van der Waals surface area contributed by atoms with Gasteiger partial charge in [0.05, 0.1) is 6.61 Å². The largest absolute Gasteiger partial charge is 0.464 e. The van der Waals surface area contributed by atoms with Gasteiger partial charge < -0.3 is 10.5 Å². The predicted molar refractivity (Wildman–Crippen MR) is 87.4 cm³/mol. The molecule has 0 bridgehead atoms. The van der Waals surface area contributed by atoms with Gasteiger partial charge in [-0.15, -0.1) is 0 Å². The lowest BCUT2D eigenvalue weighted by molar-refractivity contribution is -0.157. The second-order valence-electron chi connectivity index (χ2n) is 8.39. The van der Waals surface area contributed by atoms with Gasteiger partial charge in [0.2, 0.25) is 0 Å². The average molecular weight is 391 g/mol. The van der Waals surface area contributed by atoms with E-state index in [1.165, 1.54) is 0 Å². The van der Waals surface area contributed by atoms with E-state index in [1.807, 2.05) is 20.8 Å². The molecule has 0 saturated carbocycles. The summed E-state index contributed by atoms with van der Waals surface area (Å²) in [4.78, 5) is 12.4. The standard InChI is InChI=1S/C15H28F3NO5S/c1-12(2,3)9-14(19,13(4,5)6)11(20)24-8-7-10(16)15(17,18)25(21,22)23/h10H,7-9,19H2,1-6H3,(H,21,22,23). The van der Waals surface area contributed by atoms with E-state index < -0.39 is 51.5 Å². The van der Waals surface area contributed by atoms with Crippen molar-refractivity contribution in [1.82, 2.24) is 0 Å². The molecule has 3 N–H and O–H groups in total. The van der Waals surface area contributed by atoms with Crippen LogP contribution in [0.2, 0.25) is 0 Å². The number of alkyl halides is 3. The summed E-state index contributed by atoms with van der Waals surface area (Å²) >= 11 is 0. The normalized spacial score (nSPS) is 17.7. The first kappa shape index (κ1) is 24.1. The van der Waals surface area contributed by atoms with E-state index in [1.54, 1.807) is 20.8 Å². The summed E-state index contributed by atoms with van der Waals surface area (Å²) in [6.45, 7) is 9.91. The Bertz CT molecular complexity index is 581. The van der Waals surface area contributed by atoms with Crippen molar-refractivity contribution < 1.29 is 35.7 Å². The molecule has 0 aromatic rings. The average Bonchev–Trinajstić information content (AvgIpc) is 2.33. The van der Waals surface area contributed by atoms with Crippen LogP contribution in [0.1, 0.15) is 54.4 Å². The van der Waals surface area contributed by atoms with Gasteiger partial charge in [0.1, 0.15) is 5.54 Å². The van der Waals surface area contributed by atoms with Crippen LogP contribution in [0.15, 0.2) is 0 Å². The lowest BCUT2D eigenvalue weighted by Gasteiger charge is -2.43. The molecule has 0 amide bonds. The van der Waals surface area contributed by atoms with Gasteiger partial charge >= 0.3 is 21.3 Å². The van der Waals surface area contributed by atoms with Crippen molar-refractivity contribution in [2.45, 2.75) is 71.3 Å². The molecule has 0 aromatic heterocycles. The van der Waals surface area contributed by atoms with E-state index in [4.69, 9.17) is 15.0 Å². The minimum absolute atomic E-state index is 0.225. The van der Waals surface area contributed by atoms with E-state index in [-0.39, 0.29) is 11.8 Å². The number of esters is 1. The molecule has 0 saturated heterocycles. The second kappa shape index (κ2) is 7.40. The summed E-state index contributed by atoms with van der Waals surface area (Å²) in [5.41, 5.74) is 3.69. The molecule has 0 spiro atoms. The molecule has 0 radical (unpaired) electrons. The van der Waals surface area contributed by atoms with Crippen molar-refractivity contribution in [3.8, 4) is 0 Å². The molecule has 25 heavy (non-hydrogen) atoms. The maximum absolute atomic E-state index is 13.4. The Labute approximate surface area is 147 Å². The van der Waals surface area contributed by atoms with Gasteiger partial charge in [-0.2, -0.15) is 17.2 Å². The van der Waals surface area contributed by atoms with Crippen LogP contribution in [0.4, 0.5) is 13.2 Å². The van der Waals surface area contributed by atoms with Gasteiger partial charge in [-0.3, -0.25) is 9.35 Å². The van der Waals surface area contributed by atoms with Gasteiger partial charge in [0, 0.05) is 6.42 Å². The molecular weight excluding hydrogens is 363 g/mol. The van der Waals surface area contributed by atoms with Crippen LogP contribution in [0.3, 0.4) is 0 Å². The van der Waals surface area contributed by atoms with Crippen LogP contribution in [-0.4, -0.2) is 42.5 Å². The van der Waals surface area contributed by atoms with E-state index in [2.05, 4.69) is 0 Å². The fourth-order valence-corrected chi connectivity index (χ4v) is 2.63. The number of rotatable bonds is 7. The van der Waals surface area contributed by atoms with E-state index in [0.717, 1.165) is 0 Å². The first-order valence-electron chi connectivity index (χ1n) is 7.71. The highest BCUT2D eigenvalue weighted by Crippen LogP contribution is 2.39. The Morgan fingerprint density at radius 1 is 1.16 bits per heavy atom. The minimum Gasteiger partial charge on any atom is -0.464 e. The topological polar surface area (TPSA) is 107 Å². The monoisotopic (exact) mass is 391 g/mol. The third-order valence-electron chi connectivity index (χ3n) is 3.82. The molecule has 0 aliphatic carbocycles. The first-order chi connectivity index (χ1) is 10.8. The maximum Gasteiger partial charge on any atom is 0.400 e. The van der Waals surface area contributed by atoms with Crippen LogP contribution in [0, 0.1) is 10.8 Å². The third-order valence-corrected chi connectivity index (χ3v) is 4.77. The number of carbonyl (C=O) groups is 1. The number of hydrogen-bond acceptors (Lipinski definition) is 5. The van der Waals surface area contributed by atoms with E-state index in [0.29, 0.717) is 0 Å². The molecule has 150 valence electrons. The maximum atomic E-state index is 13.4. The molecule has 0 heterocycles. The predicted octanol–water partition coefficient (Wildman–Crippen LogP) is 2.92. The zero-order chi connectivity index (χ0) is 20.5. The summed E-state index contributed by atoms with van der Waals surface area (Å²) in [5.74, 6) is -0.891. The number of hydrogen-bond donors (Lipinski definition) is 2. The zero-order valence-corrected chi connectivity index (χ0v) is 16.2. The highest BCUT2D eigenvalue weighted by Gasteiger charge is 2.53. The van der Waals surface area contributed by atoms with Crippen LogP contribution in [-0.2, 0) is 19.6 Å². The fraction of sp³-hybridized carbons (Fsp3) is 0.933. The van der Waals surface area contributed by atoms with Gasteiger partial charge in [0.15, 0.2) is 6.17 Å². The molecule has 0 aliphatic rings. The lowest BCUT2D eigenvalue weighted by atomic mass is 9.66. The number of nitrogens with two attached hydrogens (primary N) is 1. The quantitative estimate of drug-likeness (QED) is 0.510. The fourth-order valence-electron chi connectivity index (χ4n) is 2.19. The molecule has 2 atom stereocenters. The summed E-state index contributed by atoms with van der Waals surface area (Å²) in [6.07, 6.45) is -4.10. The summed E-state index contributed by atoms with van der Waals surface area (Å²) in [5, 5.41) is -4.98. The number of ether oxygens (including phenoxy) is 1. The van der Waals surface area contributed by atoms with Gasteiger partial charge in [-0.05, 0) is 17.3 Å². The Morgan fingerprint density at radius 2 is 1.60 bits per heavy atom. The first-order valence-corrected chi connectivity index (χ1v) is 9.15. The Morgan fingerprint density at radius 3 is 1.92 bits per heavy atom. The van der Waals surface area contributed by atoms with Crippen molar-refractivity contribution >= 4 is 16.1 Å². The molecule has 10 heteroatoms. The number of carbonyl (C=O) groups excluding carboxylic acids is 1. The third kappa shape index (κ3) is 6.10. The zero-order valence-electron chi connectivity index (χ0n) is 15.4. The smallest absolute Gasteiger partial charge is 0.400 e. The van der Waals surface area contributed by atoms with Crippen molar-refractivity contribution in [3.63, 3.8) is 0 Å². The molecule has 0 aliphatic heterocycles. The van der Waals surface area contributed by atoms with E-state index in [9.17, 15) is 26.4 Å². The number of halogens is 3. The van der Waals surface area contributed by atoms with Crippen LogP contribution >= 0.6 is 0 Å². The molecule has 0 aromatic carbocycles. The molecule has 0 fully saturated rings. The molecule has 0 rings (SSSR count). The summed E-state index contributed by atoms with van der Waals surface area (Å²) < 4.78 is 73.8. The summed E-state index contributed by atoms with van der Waals surface area (Å²) in [7, 11) is -5.90. The minimum atomic E-state index is -5.90. The van der Waals surface area contributed by atoms with Gasteiger partial charge in [0.25, 0.3) is 0 Å². The van der Waals surface area contributed by atoms with Crippen LogP contribution in [0.25, 0.3) is 0 Å². The highest BCUT2D eigenvalue weighted by molar-refractivity contribution is 7.86. The Hall–Kier alpha value is -0.870. The van der Waals surface area contributed by atoms with Crippen LogP contribution < -0.4 is 5.73 Å². The Kier molecular flexibility index (Phi) is 7.14. The Balaban J connectivity index is 5.08. The lowest BCUT2D eigenvalue weighted by Crippen LogP contribution is -2.60.